The van der Waals surface area contributed by atoms with E-state index in [1.807, 2.05) is 0 Å². The lowest BCUT2D eigenvalue weighted by atomic mass is 10.1. The highest BCUT2D eigenvalue weighted by Crippen LogP contribution is 2.37. The second-order valence-corrected chi connectivity index (χ2v) is 9.19. The highest BCUT2D eigenvalue weighted by molar-refractivity contribution is 7.09. The number of anilines is 2. The predicted molar refractivity (Wildman–Crippen MR) is 138 cm³/mol. The Morgan fingerprint density at radius 2 is 1.79 bits per heavy atom. The van der Waals surface area contributed by atoms with Crippen LogP contribution in [0.1, 0.15) is 48.8 Å². The van der Waals surface area contributed by atoms with Crippen molar-refractivity contribution in [1.29, 1.82) is 0 Å². The number of aromatic nitrogens is 1. The van der Waals surface area contributed by atoms with Gasteiger partial charge in [-0.1, -0.05) is 36.4 Å². The first-order valence-electron chi connectivity index (χ1n) is 11.4. The number of benzene rings is 2. The summed E-state index contributed by atoms with van der Waals surface area (Å²) in [5, 5.41) is 2.71. The van der Waals surface area contributed by atoms with E-state index >= 15 is 0 Å². The molecule has 0 aliphatic rings. The molecular formula is C26H22F3N5O4S. The number of nitrogens with one attached hydrogen (secondary N) is 1. The van der Waals surface area contributed by atoms with Crippen molar-refractivity contribution >= 4 is 40.6 Å². The zero-order valence-corrected chi connectivity index (χ0v) is 21.2. The molecule has 202 valence electrons. The van der Waals surface area contributed by atoms with Crippen molar-refractivity contribution in [2.75, 3.05) is 10.6 Å². The van der Waals surface area contributed by atoms with Crippen LogP contribution in [0.25, 0.3) is 0 Å². The number of hydrogen-bond donors (Lipinski definition) is 3. The van der Waals surface area contributed by atoms with Gasteiger partial charge in [0.05, 0.1) is 11.3 Å². The first-order chi connectivity index (χ1) is 18.5. The number of nitrogens with zero attached hydrogens (tertiary/aromatic N) is 2. The molecular weight excluding hydrogens is 535 g/mol. The molecule has 0 bridgehead atoms. The number of hydrogen-bond acceptors (Lipinski definition) is 7. The number of carbonyl (C=O) groups excluding carboxylic acids is 3. The Kier molecular flexibility index (Phi) is 7.72. The zero-order valence-electron chi connectivity index (χ0n) is 20.4. The van der Waals surface area contributed by atoms with Gasteiger partial charge in [-0.05, 0) is 54.4 Å². The molecule has 9 nitrogen and oxygen atoms in total. The number of rotatable bonds is 8. The second kappa shape index (κ2) is 11.0. The number of nitrogens with two attached hydrogens (primary N) is 2. The van der Waals surface area contributed by atoms with Crippen molar-refractivity contribution in [2.24, 2.45) is 5.73 Å². The Balaban J connectivity index is 1.86. The first-order valence-corrected chi connectivity index (χ1v) is 12.2. The number of furan rings is 1. The van der Waals surface area contributed by atoms with E-state index in [-0.39, 0.29) is 34.3 Å². The van der Waals surface area contributed by atoms with E-state index in [9.17, 15) is 27.6 Å². The maximum atomic E-state index is 13.9. The van der Waals surface area contributed by atoms with Crippen LogP contribution in [0.5, 0.6) is 0 Å². The number of aryl methyl sites for hydroxylation is 1. The zero-order chi connectivity index (χ0) is 28.3. The average molecular weight is 558 g/mol. The van der Waals surface area contributed by atoms with Gasteiger partial charge in [-0.15, -0.1) is 0 Å². The summed E-state index contributed by atoms with van der Waals surface area (Å²) in [4.78, 5) is 39.8. The Labute approximate surface area is 224 Å². The highest BCUT2D eigenvalue weighted by atomic mass is 32.1. The second-order valence-electron chi connectivity index (χ2n) is 8.42. The number of halogens is 3. The fourth-order valence-electron chi connectivity index (χ4n) is 3.81. The molecule has 0 aliphatic carbocycles. The third-order valence-corrected chi connectivity index (χ3v) is 6.52. The third kappa shape index (κ3) is 5.93. The van der Waals surface area contributed by atoms with E-state index in [1.54, 1.807) is 43.3 Å². The van der Waals surface area contributed by atoms with Crippen LogP contribution in [-0.4, -0.2) is 22.1 Å². The van der Waals surface area contributed by atoms with E-state index in [1.165, 1.54) is 12.1 Å². The lowest BCUT2D eigenvalue weighted by Crippen LogP contribution is -2.44. The molecule has 0 unspecified atom stereocenters. The lowest BCUT2D eigenvalue weighted by molar-refractivity contribution is -0.137. The van der Waals surface area contributed by atoms with Gasteiger partial charge < -0.3 is 21.2 Å². The van der Waals surface area contributed by atoms with Crippen LogP contribution in [0.2, 0.25) is 0 Å². The van der Waals surface area contributed by atoms with Crippen LogP contribution in [0.4, 0.5) is 24.5 Å². The van der Waals surface area contributed by atoms with Crippen molar-refractivity contribution in [3.05, 3.63) is 99.9 Å². The number of primary amides is 1. The molecule has 2 heterocycles. The van der Waals surface area contributed by atoms with E-state index in [0.29, 0.717) is 17.3 Å². The molecule has 4 aromatic rings. The Morgan fingerprint density at radius 1 is 1.08 bits per heavy atom. The Morgan fingerprint density at radius 3 is 2.38 bits per heavy atom. The third-order valence-electron chi connectivity index (χ3n) is 5.67. The number of amides is 3. The largest absolute Gasteiger partial charge is 0.464 e. The summed E-state index contributed by atoms with van der Waals surface area (Å²) in [5.74, 6) is -2.33. The molecule has 1 atom stereocenters. The Bertz CT molecular complexity index is 1520. The standard InChI is InChI=1S/C26H22F3N5O4S/c1-14-10-11-18(38-14)21(24(36)32-13-15-6-3-2-4-7-15)34(17-9-5-8-16(12-17)26(27,28)29)25(37)22-19(30)20(23(31)35)33-39-22/h2-12,21H,13,30H2,1H3,(H2,31,35)(H,32,36)/t21-/m0/s1. The fourth-order valence-corrected chi connectivity index (χ4v) is 4.55. The number of nitrogen functional groups attached to an aromatic ring is 1. The van der Waals surface area contributed by atoms with Crippen LogP contribution in [-0.2, 0) is 17.5 Å². The molecule has 2 aromatic heterocycles. The van der Waals surface area contributed by atoms with Gasteiger partial charge in [-0.3, -0.25) is 19.3 Å². The topological polar surface area (TPSA) is 145 Å². The summed E-state index contributed by atoms with van der Waals surface area (Å²) in [5.41, 5.74) is 9.95. The molecule has 0 saturated heterocycles. The highest BCUT2D eigenvalue weighted by Gasteiger charge is 2.39. The van der Waals surface area contributed by atoms with Gasteiger partial charge in [0.2, 0.25) is 0 Å². The molecule has 0 saturated carbocycles. The number of alkyl halides is 3. The summed E-state index contributed by atoms with van der Waals surface area (Å²) in [6, 6.07) is 14.2. The maximum Gasteiger partial charge on any atom is 0.416 e. The summed E-state index contributed by atoms with van der Waals surface area (Å²) in [6.07, 6.45) is -4.74. The minimum atomic E-state index is -4.74. The van der Waals surface area contributed by atoms with E-state index in [0.717, 1.165) is 28.7 Å². The van der Waals surface area contributed by atoms with Gasteiger partial charge in [-0.2, -0.15) is 17.5 Å². The van der Waals surface area contributed by atoms with E-state index in [4.69, 9.17) is 15.9 Å². The smallest absolute Gasteiger partial charge is 0.416 e. The van der Waals surface area contributed by atoms with E-state index < -0.39 is 35.5 Å². The van der Waals surface area contributed by atoms with Gasteiger partial charge in [0.1, 0.15) is 16.4 Å². The van der Waals surface area contributed by atoms with E-state index in [2.05, 4.69) is 9.69 Å². The van der Waals surface area contributed by atoms with Crippen LogP contribution in [0.3, 0.4) is 0 Å². The molecule has 0 spiro atoms. The van der Waals surface area contributed by atoms with Crippen molar-refractivity contribution in [2.45, 2.75) is 25.7 Å². The van der Waals surface area contributed by atoms with Crippen LogP contribution >= 0.6 is 11.5 Å². The van der Waals surface area contributed by atoms with Crippen molar-refractivity contribution in [1.82, 2.24) is 9.69 Å². The molecule has 39 heavy (non-hydrogen) atoms. The van der Waals surface area contributed by atoms with Gasteiger partial charge in [0, 0.05) is 12.2 Å². The van der Waals surface area contributed by atoms with Crippen LogP contribution in [0, 0.1) is 6.92 Å². The molecule has 0 aliphatic heterocycles. The van der Waals surface area contributed by atoms with Crippen molar-refractivity contribution in [3.8, 4) is 0 Å². The molecule has 0 radical (unpaired) electrons. The van der Waals surface area contributed by atoms with Gasteiger partial charge in [0.15, 0.2) is 11.7 Å². The summed E-state index contributed by atoms with van der Waals surface area (Å²) < 4.78 is 50.4. The minimum absolute atomic E-state index is 0.0120. The molecule has 4 rings (SSSR count). The monoisotopic (exact) mass is 557 g/mol. The lowest BCUT2D eigenvalue weighted by Gasteiger charge is -2.30. The Hall–Kier alpha value is -4.65. The molecule has 13 heteroatoms. The van der Waals surface area contributed by atoms with Gasteiger partial charge >= 0.3 is 6.18 Å². The van der Waals surface area contributed by atoms with Crippen LogP contribution < -0.4 is 21.7 Å². The van der Waals surface area contributed by atoms with Gasteiger partial charge in [0.25, 0.3) is 17.7 Å². The molecule has 2 aromatic carbocycles. The SMILES string of the molecule is Cc1ccc([C@@H](C(=O)NCc2ccccc2)N(C(=O)c2snc(C(N)=O)c2N)c2cccc(C(F)(F)F)c2)o1. The maximum absolute atomic E-state index is 13.9. The van der Waals surface area contributed by atoms with Crippen molar-refractivity contribution < 1.29 is 32.0 Å². The average Bonchev–Trinajstić information content (AvgIpc) is 3.50. The predicted octanol–water partition coefficient (Wildman–Crippen LogP) is 4.45. The van der Waals surface area contributed by atoms with Gasteiger partial charge in [-0.25, -0.2) is 0 Å². The van der Waals surface area contributed by atoms with Crippen molar-refractivity contribution in [3.63, 3.8) is 0 Å². The summed E-state index contributed by atoms with van der Waals surface area (Å²) in [6.45, 7) is 1.67. The molecule has 5 N–H and O–H groups in total. The number of carbonyl (C=O) groups is 3. The quantitative estimate of drug-likeness (QED) is 0.292. The first kappa shape index (κ1) is 27.4. The fraction of sp³-hybridized carbons (Fsp3) is 0.154. The van der Waals surface area contributed by atoms with Crippen LogP contribution in [0.15, 0.2) is 71.1 Å². The molecule has 3 amide bonds. The molecule has 0 fully saturated rings. The summed E-state index contributed by atoms with van der Waals surface area (Å²) >= 11 is 0.534. The minimum Gasteiger partial charge on any atom is -0.464 e. The normalized spacial score (nSPS) is 12.1. The summed E-state index contributed by atoms with van der Waals surface area (Å²) in [7, 11) is 0.